The highest BCUT2D eigenvalue weighted by Crippen LogP contribution is 2.29. The molecule has 2 amide bonds. The molecule has 0 radical (unpaired) electrons. The third-order valence-electron chi connectivity index (χ3n) is 4.11. The van der Waals surface area contributed by atoms with E-state index in [4.69, 9.17) is 4.42 Å². The molecule has 0 atom stereocenters. The van der Waals surface area contributed by atoms with Gasteiger partial charge in [0.2, 0.25) is 0 Å². The summed E-state index contributed by atoms with van der Waals surface area (Å²) >= 11 is 2.86. The number of hydrogen-bond donors (Lipinski definition) is 2. The average molecular weight is 397 g/mol. The van der Waals surface area contributed by atoms with E-state index in [0.717, 1.165) is 21.5 Å². The maximum atomic E-state index is 12.5. The Morgan fingerprint density at radius 3 is 2.59 bits per heavy atom. The van der Waals surface area contributed by atoms with Gasteiger partial charge in [0.1, 0.15) is 15.5 Å². The Kier molecular flexibility index (Phi) is 4.51. The van der Waals surface area contributed by atoms with Crippen LogP contribution in [0.1, 0.15) is 31.5 Å². The van der Waals surface area contributed by atoms with Gasteiger partial charge in [0.15, 0.2) is 5.76 Å². The van der Waals surface area contributed by atoms with Crippen molar-refractivity contribution < 1.29 is 14.0 Å². The van der Waals surface area contributed by atoms with Crippen LogP contribution in [0.5, 0.6) is 0 Å². The highest BCUT2D eigenvalue weighted by molar-refractivity contribution is 7.17. The van der Waals surface area contributed by atoms with Crippen LogP contribution in [0.4, 0.5) is 0 Å². The minimum Gasteiger partial charge on any atom is -0.451 e. The van der Waals surface area contributed by atoms with Crippen molar-refractivity contribution in [2.24, 2.45) is 0 Å². The summed E-state index contributed by atoms with van der Waals surface area (Å²) in [5.41, 5.74) is 7.82. The zero-order valence-electron chi connectivity index (χ0n) is 14.5. The first-order chi connectivity index (χ1) is 13.0. The number of aromatic nitrogens is 1. The van der Waals surface area contributed by atoms with Crippen molar-refractivity contribution in [1.82, 2.24) is 15.8 Å². The molecule has 0 aliphatic heterocycles. The number of carbonyl (C=O) groups is 2. The number of nitrogens with zero attached hydrogens (tertiary/aromatic N) is 1. The summed E-state index contributed by atoms with van der Waals surface area (Å²) < 4.78 is 5.60. The fourth-order valence-corrected chi connectivity index (χ4v) is 4.41. The Balaban J connectivity index is 1.49. The maximum absolute atomic E-state index is 12.5. The van der Waals surface area contributed by atoms with Crippen LogP contribution in [0.2, 0.25) is 0 Å². The van der Waals surface area contributed by atoms with E-state index in [9.17, 15) is 9.59 Å². The summed E-state index contributed by atoms with van der Waals surface area (Å²) in [6, 6.07) is 9.36. The minimum atomic E-state index is -0.503. The molecule has 8 heteroatoms. The molecule has 1 aromatic carbocycles. The molecule has 136 valence electrons. The minimum absolute atomic E-state index is 0.177. The zero-order valence-corrected chi connectivity index (χ0v) is 16.2. The molecule has 0 fully saturated rings. The van der Waals surface area contributed by atoms with Gasteiger partial charge in [0.25, 0.3) is 5.91 Å². The van der Waals surface area contributed by atoms with Crippen molar-refractivity contribution in [1.29, 1.82) is 0 Å². The smallest absolute Gasteiger partial charge is 0.305 e. The van der Waals surface area contributed by atoms with Crippen molar-refractivity contribution in [3.05, 3.63) is 63.0 Å². The number of fused-ring (bicyclic) bond motifs is 1. The number of para-hydroxylation sites is 1. The fourth-order valence-electron chi connectivity index (χ4n) is 2.73. The van der Waals surface area contributed by atoms with Crippen LogP contribution >= 0.6 is 22.7 Å². The Morgan fingerprint density at radius 1 is 1.07 bits per heavy atom. The van der Waals surface area contributed by atoms with Gasteiger partial charge < -0.3 is 4.42 Å². The number of thiophene rings is 1. The van der Waals surface area contributed by atoms with Crippen molar-refractivity contribution >= 4 is 45.5 Å². The lowest BCUT2D eigenvalue weighted by molar-refractivity contribution is 0.0833. The molecule has 6 nitrogen and oxygen atoms in total. The van der Waals surface area contributed by atoms with Crippen LogP contribution in [-0.2, 0) is 0 Å². The normalized spacial score (nSPS) is 10.9. The van der Waals surface area contributed by atoms with Crippen molar-refractivity contribution in [3.63, 3.8) is 0 Å². The molecule has 0 aliphatic carbocycles. The van der Waals surface area contributed by atoms with Crippen molar-refractivity contribution in [3.8, 4) is 10.6 Å². The number of carbonyl (C=O) groups excluding carboxylic acids is 2. The van der Waals surface area contributed by atoms with Gasteiger partial charge in [0, 0.05) is 21.9 Å². The van der Waals surface area contributed by atoms with E-state index >= 15 is 0 Å². The molecule has 0 saturated carbocycles. The number of thiazole rings is 1. The largest absolute Gasteiger partial charge is 0.451 e. The predicted octanol–water partition coefficient (Wildman–Crippen LogP) is 4.31. The lowest BCUT2D eigenvalue weighted by Crippen LogP contribution is -2.41. The standard InChI is InChI=1S/C19H15N3O3S2/c1-10-13-5-3-4-6-14(13)25-15(10)17(23)21-22-18(24)16-11(2)20-19(27-16)12-7-8-26-9-12/h3-9H,1-2H3,(H,21,23)(H,22,24). The fraction of sp³-hybridized carbons (Fsp3) is 0.105. The monoisotopic (exact) mass is 397 g/mol. The Morgan fingerprint density at radius 2 is 1.85 bits per heavy atom. The second-order valence-electron chi connectivity index (χ2n) is 5.91. The molecular weight excluding hydrogens is 382 g/mol. The van der Waals surface area contributed by atoms with Gasteiger partial charge in [-0.3, -0.25) is 20.4 Å². The highest BCUT2D eigenvalue weighted by Gasteiger charge is 2.20. The SMILES string of the molecule is Cc1nc(-c2ccsc2)sc1C(=O)NNC(=O)c1oc2ccccc2c1C. The molecule has 0 saturated heterocycles. The van der Waals surface area contributed by atoms with E-state index in [1.54, 1.807) is 24.3 Å². The van der Waals surface area contributed by atoms with Gasteiger partial charge in [-0.05, 0) is 31.4 Å². The van der Waals surface area contributed by atoms with E-state index in [1.165, 1.54) is 11.3 Å². The van der Waals surface area contributed by atoms with E-state index in [0.29, 0.717) is 16.2 Å². The number of aryl methyl sites for hydroxylation is 2. The first-order valence-electron chi connectivity index (χ1n) is 8.13. The molecule has 0 spiro atoms. The molecule has 27 heavy (non-hydrogen) atoms. The molecule has 0 bridgehead atoms. The third-order valence-corrected chi connectivity index (χ3v) is 6.00. The van der Waals surface area contributed by atoms with Crippen LogP contribution in [0.3, 0.4) is 0 Å². The molecule has 0 aliphatic rings. The number of hydrazine groups is 1. The number of hydrogen-bond acceptors (Lipinski definition) is 6. The topological polar surface area (TPSA) is 84.2 Å². The molecule has 4 aromatic rings. The molecular formula is C19H15N3O3S2. The summed E-state index contributed by atoms with van der Waals surface area (Å²) in [7, 11) is 0. The van der Waals surface area contributed by atoms with Crippen LogP contribution in [0, 0.1) is 13.8 Å². The first kappa shape index (κ1) is 17.4. The molecule has 3 heterocycles. The van der Waals surface area contributed by atoms with Crippen molar-refractivity contribution in [2.75, 3.05) is 0 Å². The highest BCUT2D eigenvalue weighted by atomic mass is 32.1. The lowest BCUT2D eigenvalue weighted by Gasteiger charge is -2.05. The predicted molar refractivity (Wildman–Crippen MR) is 106 cm³/mol. The second-order valence-corrected chi connectivity index (χ2v) is 7.69. The maximum Gasteiger partial charge on any atom is 0.305 e. The molecule has 4 rings (SSSR count). The van der Waals surface area contributed by atoms with Gasteiger partial charge >= 0.3 is 5.91 Å². The van der Waals surface area contributed by atoms with E-state index < -0.39 is 11.8 Å². The van der Waals surface area contributed by atoms with Gasteiger partial charge in [0.05, 0.1) is 5.69 Å². The second kappa shape index (κ2) is 6.98. The van der Waals surface area contributed by atoms with Crippen LogP contribution < -0.4 is 10.9 Å². The molecule has 3 aromatic heterocycles. The average Bonchev–Trinajstić information content (AvgIpc) is 3.39. The number of amides is 2. The third kappa shape index (κ3) is 3.24. The lowest BCUT2D eigenvalue weighted by atomic mass is 10.1. The van der Waals surface area contributed by atoms with Gasteiger partial charge in [-0.2, -0.15) is 11.3 Å². The Bertz CT molecular complexity index is 1140. The zero-order chi connectivity index (χ0) is 19.0. The summed E-state index contributed by atoms with van der Waals surface area (Å²) in [5.74, 6) is -0.734. The Labute approximate surface area is 162 Å². The number of nitrogens with one attached hydrogen (secondary N) is 2. The quantitative estimate of drug-likeness (QED) is 0.505. The number of furan rings is 1. The molecule has 2 N–H and O–H groups in total. The summed E-state index contributed by atoms with van der Waals surface area (Å²) in [6.07, 6.45) is 0. The summed E-state index contributed by atoms with van der Waals surface area (Å²) in [4.78, 5) is 29.8. The van der Waals surface area contributed by atoms with Gasteiger partial charge in [-0.15, -0.1) is 11.3 Å². The summed E-state index contributed by atoms with van der Waals surface area (Å²) in [5, 5.41) is 5.58. The number of rotatable bonds is 3. The Hall–Kier alpha value is -2.97. The van der Waals surface area contributed by atoms with Gasteiger partial charge in [-0.1, -0.05) is 18.2 Å². The van der Waals surface area contributed by atoms with E-state index in [-0.39, 0.29) is 5.76 Å². The van der Waals surface area contributed by atoms with E-state index in [2.05, 4.69) is 15.8 Å². The van der Waals surface area contributed by atoms with Crippen LogP contribution in [0.15, 0.2) is 45.5 Å². The van der Waals surface area contributed by atoms with Crippen LogP contribution in [-0.4, -0.2) is 16.8 Å². The van der Waals surface area contributed by atoms with Gasteiger partial charge in [-0.25, -0.2) is 4.98 Å². The first-order valence-corrected chi connectivity index (χ1v) is 9.89. The summed E-state index contributed by atoms with van der Waals surface area (Å²) in [6.45, 7) is 3.58. The van der Waals surface area contributed by atoms with E-state index in [1.807, 2.05) is 41.9 Å². The number of benzene rings is 1. The molecule has 0 unspecified atom stereocenters. The van der Waals surface area contributed by atoms with Crippen LogP contribution in [0.25, 0.3) is 21.5 Å². The van der Waals surface area contributed by atoms with Crippen molar-refractivity contribution in [2.45, 2.75) is 13.8 Å².